The molecule has 2 aromatic carbocycles. The minimum atomic E-state index is -4.28. The lowest BCUT2D eigenvalue weighted by Crippen LogP contribution is -2.04. The van der Waals surface area contributed by atoms with Crippen molar-refractivity contribution in [2.24, 2.45) is 0 Å². The van der Waals surface area contributed by atoms with Gasteiger partial charge in [-0.3, -0.25) is 0 Å². The molecule has 0 unspecified atom stereocenters. The van der Waals surface area contributed by atoms with Crippen molar-refractivity contribution in [1.29, 1.82) is 0 Å². The van der Waals surface area contributed by atoms with Crippen LogP contribution in [0.1, 0.15) is 22.3 Å². The van der Waals surface area contributed by atoms with Crippen molar-refractivity contribution in [2.75, 3.05) is 0 Å². The van der Waals surface area contributed by atoms with Gasteiger partial charge in [0, 0.05) is 0 Å². The predicted molar refractivity (Wildman–Crippen MR) is 71.1 cm³/mol. The Bertz CT molecular complexity index is 569. The number of hydrogen-bond acceptors (Lipinski definition) is 0. The minimum absolute atomic E-state index is 0.614. The van der Waals surface area contributed by atoms with Gasteiger partial charge in [-0.2, -0.15) is 13.2 Å². The molecule has 3 heteroatoms. The molecule has 2 aromatic rings. The molecule has 0 atom stereocenters. The van der Waals surface area contributed by atoms with Gasteiger partial charge < -0.3 is 0 Å². The predicted octanol–water partition coefficient (Wildman–Crippen LogP) is 5.30. The summed E-state index contributed by atoms with van der Waals surface area (Å²) in [4.78, 5) is 0. The van der Waals surface area contributed by atoms with Crippen LogP contribution in [-0.2, 0) is 6.18 Å². The molecule has 0 nitrogen and oxygen atoms in total. The molecule has 0 fully saturated rings. The number of halogens is 3. The van der Waals surface area contributed by atoms with Crippen molar-refractivity contribution in [2.45, 2.75) is 26.9 Å². The zero-order chi connectivity index (χ0) is 14.2. The molecule has 0 amide bonds. The summed E-state index contributed by atoms with van der Waals surface area (Å²) in [6.07, 6.45) is -4.28. The third-order valence-electron chi connectivity index (χ3n) is 3.47. The van der Waals surface area contributed by atoms with Gasteiger partial charge in [0.25, 0.3) is 0 Å². The zero-order valence-electron chi connectivity index (χ0n) is 11.1. The van der Waals surface area contributed by atoms with Crippen LogP contribution in [0.2, 0.25) is 0 Å². The first-order chi connectivity index (χ1) is 8.79. The first-order valence-electron chi connectivity index (χ1n) is 6.04. The van der Waals surface area contributed by atoms with Crippen LogP contribution >= 0.6 is 0 Å². The van der Waals surface area contributed by atoms with Crippen molar-refractivity contribution in [3.63, 3.8) is 0 Å². The summed E-state index contributed by atoms with van der Waals surface area (Å²) in [5.41, 5.74) is 4.66. The van der Waals surface area contributed by atoms with Crippen molar-refractivity contribution >= 4 is 0 Å². The Morgan fingerprint density at radius 1 is 0.737 bits per heavy atom. The molecule has 0 aromatic heterocycles. The van der Waals surface area contributed by atoms with E-state index in [9.17, 15) is 13.2 Å². The zero-order valence-corrected chi connectivity index (χ0v) is 11.1. The van der Waals surface area contributed by atoms with Crippen molar-refractivity contribution in [1.82, 2.24) is 0 Å². The van der Waals surface area contributed by atoms with E-state index in [-0.39, 0.29) is 0 Å². The lowest BCUT2D eigenvalue weighted by Gasteiger charge is -2.11. The largest absolute Gasteiger partial charge is 0.416 e. The minimum Gasteiger partial charge on any atom is -0.166 e. The fourth-order valence-electron chi connectivity index (χ4n) is 2.05. The molecule has 0 spiro atoms. The van der Waals surface area contributed by atoms with Crippen LogP contribution in [0.3, 0.4) is 0 Å². The lowest BCUT2D eigenvalue weighted by atomic mass is 9.96. The molecule has 0 aliphatic heterocycles. The van der Waals surface area contributed by atoms with Crippen LogP contribution in [0, 0.1) is 20.8 Å². The maximum absolute atomic E-state index is 12.5. The van der Waals surface area contributed by atoms with Crippen LogP contribution in [0.25, 0.3) is 11.1 Å². The summed E-state index contributed by atoms with van der Waals surface area (Å²) in [5, 5.41) is 0. The van der Waals surface area contributed by atoms with E-state index in [4.69, 9.17) is 0 Å². The van der Waals surface area contributed by atoms with Gasteiger partial charge >= 0.3 is 6.18 Å². The standard InChI is InChI=1S/C16H15F3/c1-10-8-14(9-11(2)12(10)3)13-4-6-15(7-5-13)16(17,18)19/h4-9H,1-3H3. The Morgan fingerprint density at radius 2 is 1.21 bits per heavy atom. The molecule has 0 radical (unpaired) electrons. The smallest absolute Gasteiger partial charge is 0.166 e. The molecule has 0 heterocycles. The summed E-state index contributed by atoms with van der Waals surface area (Å²) in [6.45, 7) is 6.06. The first-order valence-corrected chi connectivity index (χ1v) is 6.04. The Kier molecular flexibility index (Phi) is 3.40. The molecule has 0 saturated carbocycles. The van der Waals surface area contributed by atoms with Crippen LogP contribution in [0.4, 0.5) is 13.2 Å². The normalized spacial score (nSPS) is 11.7. The summed E-state index contributed by atoms with van der Waals surface area (Å²) >= 11 is 0. The fourth-order valence-corrected chi connectivity index (χ4v) is 2.05. The topological polar surface area (TPSA) is 0 Å². The van der Waals surface area contributed by atoms with Crippen molar-refractivity contribution in [3.05, 3.63) is 58.7 Å². The van der Waals surface area contributed by atoms with E-state index in [1.165, 1.54) is 17.7 Å². The monoisotopic (exact) mass is 264 g/mol. The number of rotatable bonds is 1. The Morgan fingerprint density at radius 3 is 1.63 bits per heavy atom. The van der Waals surface area contributed by atoms with Gasteiger partial charge in [0.05, 0.1) is 5.56 Å². The SMILES string of the molecule is Cc1cc(-c2ccc(C(F)(F)F)cc2)cc(C)c1C. The maximum Gasteiger partial charge on any atom is 0.416 e. The molecule has 100 valence electrons. The van der Waals surface area contributed by atoms with Gasteiger partial charge in [0.1, 0.15) is 0 Å². The highest BCUT2D eigenvalue weighted by atomic mass is 19.4. The lowest BCUT2D eigenvalue weighted by molar-refractivity contribution is -0.137. The van der Waals surface area contributed by atoms with Crippen molar-refractivity contribution in [3.8, 4) is 11.1 Å². The van der Waals surface area contributed by atoms with E-state index in [1.54, 1.807) is 0 Å². The highest BCUT2D eigenvalue weighted by Crippen LogP contribution is 2.31. The third-order valence-corrected chi connectivity index (χ3v) is 3.47. The number of aryl methyl sites for hydroxylation is 2. The van der Waals surface area contributed by atoms with Gasteiger partial charge in [-0.05, 0) is 60.7 Å². The fraction of sp³-hybridized carbons (Fsp3) is 0.250. The van der Waals surface area contributed by atoms with Gasteiger partial charge in [0.15, 0.2) is 0 Å². The van der Waals surface area contributed by atoms with Crippen LogP contribution in [-0.4, -0.2) is 0 Å². The summed E-state index contributed by atoms with van der Waals surface area (Å²) < 4.78 is 37.5. The van der Waals surface area contributed by atoms with Crippen LogP contribution in [0.5, 0.6) is 0 Å². The number of benzene rings is 2. The van der Waals surface area contributed by atoms with E-state index in [0.717, 1.165) is 34.4 Å². The second-order valence-electron chi connectivity index (χ2n) is 4.81. The molecular weight excluding hydrogens is 249 g/mol. The van der Waals surface area contributed by atoms with E-state index < -0.39 is 11.7 Å². The van der Waals surface area contributed by atoms with E-state index in [0.29, 0.717) is 0 Å². The Labute approximate surface area is 110 Å². The Balaban J connectivity index is 2.43. The molecule has 0 N–H and O–H groups in total. The average Bonchev–Trinajstić information content (AvgIpc) is 2.34. The van der Waals surface area contributed by atoms with E-state index in [1.807, 2.05) is 32.9 Å². The van der Waals surface area contributed by atoms with Gasteiger partial charge in [-0.25, -0.2) is 0 Å². The summed E-state index contributed by atoms with van der Waals surface area (Å²) in [6, 6.07) is 9.30. The van der Waals surface area contributed by atoms with Crippen molar-refractivity contribution < 1.29 is 13.2 Å². The Hall–Kier alpha value is -1.77. The second-order valence-corrected chi connectivity index (χ2v) is 4.81. The summed E-state index contributed by atoms with van der Waals surface area (Å²) in [7, 11) is 0. The van der Waals surface area contributed by atoms with E-state index in [2.05, 4.69) is 0 Å². The van der Waals surface area contributed by atoms with E-state index >= 15 is 0 Å². The second kappa shape index (κ2) is 4.72. The maximum atomic E-state index is 12.5. The van der Waals surface area contributed by atoms with Gasteiger partial charge in [-0.1, -0.05) is 24.3 Å². The molecule has 0 aliphatic carbocycles. The highest BCUT2D eigenvalue weighted by molar-refractivity contribution is 5.66. The van der Waals surface area contributed by atoms with Gasteiger partial charge in [-0.15, -0.1) is 0 Å². The van der Waals surface area contributed by atoms with Crippen LogP contribution in [0.15, 0.2) is 36.4 Å². The molecule has 19 heavy (non-hydrogen) atoms. The van der Waals surface area contributed by atoms with Crippen LogP contribution < -0.4 is 0 Å². The molecule has 0 aliphatic rings. The molecule has 0 bridgehead atoms. The highest BCUT2D eigenvalue weighted by Gasteiger charge is 2.29. The molecule has 2 rings (SSSR count). The quantitative estimate of drug-likeness (QED) is 0.655. The third kappa shape index (κ3) is 2.80. The number of hydrogen-bond donors (Lipinski definition) is 0. The summed E-state index contributed by atoms with van der Waals surface area (Å²) in [5.74, 6) is 0. The number of alkyl halides is 3. The average molecular weight is 264 g/mol. The molecule has 0 saturated heterocycles. The van der Waals surface area contributed by atoms with Gasteiger partial charge in [0.2, 0.25) is 0 Å². The first kappa shape index (κ1) is 13.7. The molecular formula is C16H15F3.